The van der Waals surface area contributed by atoms with Crippen LogP contribution in [0, 0.1) is 6.92 Å². The van der Waals surface area contributed by atoms with Crippen molar-refractivity contribution in [2.24, 2.45) is 7.05 Å². The second-order valence-electron chi connectivity index (χ2n) is 8.86. The van der Waals surface area contributed by atoms with Gasteiger partial charge in [-0.25, -0.2) is 0 Å². The lowest BCUT2D eigenvalue weighted by Gasteiger charge is -2.18. The highest BCUT2D eigenvalue weighted by Crippen LogP contribution is 2.29. The number of aryl methyl sites for hydroxylation is 2. The molecular weight excluding hydrogens is 444 g/mol. The third-order valence-electron chi connectivity index (χ3n) is 6.37. The molecule has 2 heterocycles. The van der Waals surface area contributed by atoms with Crippen molar-refractivity contribution in [3.8, 4) is 17.2 Å². The molecule has 0 aliphatic carbocycles. The predicted molar refractivity (Wildman–Crippen MR) is 134 cm³/mol. The van der Waals surface area contributed by atoms with Crippen molar-refractivity contribution < 1.29 is 19.0 Å². The van der Waals surface area contributed by atoms with Crippen molar-refractivity contribution in [3.05, 3.63) is 87.8 Å². The maximum atomic E-state index is 12.8. The van der Waals surface area contributed by atoms with E-state index in [9.17, 15) is 9.59 Å². The van der Waals surface area contributed by atoms with Gasteiger partial charge in [0.15, 0.2) is 11.5 Å². The van der Waals surface area contributed by atoms with Crippen LogP contribution in [-0.2, 0) is 24.9 Å². The Morgan fingerprint density at radius 2 is 1.83 bits per heavy atom. The third kappa shape index (κ3) is 6.23. The van der Waals surface area contributed by atoms with E-state index in [4.69, 9.17) is 14.2 Å². The zero-order valence-electron chi connectivity index (χ0n) is 20.5. The van der Waals surface area contributed by atoms with Crippen molar-refractivity contribution in [1.82, 2.24) is 9.47 Å². The fourth-order valence-corrected chi connectivity index (χ4v) is 4.18. The minimum atomic E-state index is -0.107. The molecule has 1 atom stereocenters. The van der Waals surface area contributed by atoms with Gasteiger partial charge in [0.2, 0.25) is 5.91 Å². The van der Waals surface area contributed by atoms with Crippen LogP contribution in [0.2, 0.25) is 0 Å². The third-order valence-corrected chi connectivity index (χ3v) is 6.37. The lowest BCUT2D eigenvalue weighted by atomic mass is 10.1. The number of pyridine rings is 1. The Morgan fingerprint density at radius 3 is 2.57 bits per heavy atom. The van der Waals surface area contributed by atoms with Crippen LogP contribution in [0.1, 0.15) is 29.7 Å². The van der Waals surface area contributed by atoms with Gasteiger partial charge in [0, 0.05) is 38.2 Å². The van der Waals surface area contributed by atoms with Gasteiger partial charge < -0.3 is 23.7 Å². The molecule has 1 aromatic heterocycles. The molecule has 1 amide bonds. The van der Waals surface area contributed by atoms with E-state index in [1.165, 1.54) is 6.07 Å². The van der Waals surface area contributed by atoms with E-state index in [1.54, 1.807) is 18.7 Å². The summed E-state index contributed by atoms with van der Waals surface area (Å²) < 4.78 is 19.0. The summed E-state index contributed by atoms with van der Waals surface area (Å²) >= 11 is 0. The van der Waals surface area contributed by atoms with Gasteiger partial charge in [-0.05, 0) is 42.7 Å². The fraction of sp³-hybridized carbons (Fsp3) is 0.357. The molecule has 2 aromatic carbocycles. The van der Waals surface area contributed by atoms with Crippen LogP contribution in [0.5, 0.6) is 17.2 Å². The average Bonchev–Trinajstić information content (AvgIpc) is 3.33. The van der Waals surface area contributed by atoms with Crippen LogP contribution in [-0.4, -0.2) is 41.7 Å². The number of hydrogen-bond donors (Lipinski definition) is 0. The molecule has 3 aromatic rings. The number of carbonyl (C=O) groups excluding carboxylic acids is 1. The normalized spacial score (nSPS) is 15.2. The highest BCUT2D eigenvalue weighted by atomic mass is 16.5. The molecule has 0 N–H and O–H groups in total. The standard InChI is InChI=1S/C28H32N2O5/c1-20-15-24(17-28(32)29(20)2)35-23-13-14-30(18-23)27(31)12-10-21-9-11-25(33-3)26(16-21)34-19-22-7-5-4-6-8-22/h4-9,11,15-17,23H,10,12-14,18-19H2,1-3H3. The molecule has 1 unspecified atom stereocenters. The van der Waals surface area contributed by atoms with Crippen LogP contribution in [0.15, 0.2) is 65.5 Å². The second-order valence-corrected chi connectivity index (χ2v) is 8.86. The van der Waals surface area contributed by atoms with Crippen LogP contribution in [0.4, 0.5) is 0 Å². The minimum absolute atomic E-state index is 0.0961. The molecule has 7 nitrogen and oxygen atoms in total. The van der Waals surface area contributed by atoms with Crippen molar-refractivity contribution in [1.29, 1.82) is 0 Å². The zero-order chi connectivity index (χ0) is 24.8. The predicted octanol–water partition coefficient (Wildman–Crippen LogP) is 3.89. The molecule has 0 bridgehead atoms. The van der Waals surface area contributed by atoms with Gasteiger partial charge in [0.25, 0.3) is 5.56 Å². The van der Waals surface area contributed by atoms with Gasteiger partial charge >= 0.3 is 0 Å². The topological polar surface area (TPSA) is 70.0 Å². The number of rotatable bonds is 9. The maximum Gasteiger partial charge on any atom is 0.254 e. The summed E-state index contributed by atoms with van der Waals surface area (Å²) in [6, 6.07) is 19.1. The highest BCUT2D eigenvalue weighted by molar-refractivity contribution is 5.76. The molecule has 0 spiro atoms. The summed E-state index contributed by atoms with van der Waals surface area (Å²) in [4.78, 5) is 26.7. The summed E-state index contributed by atoms with van der Waals surface area (Å²) in [5.74, 6) is 1.99. The van der Waals surface area contributed by atoms with E-state index in [-0.39, 0.29) is 17.6 Å². The van der Waals surface area contributed by atoms with Crippen molar-refractivity contribution >= 4 is 5.91 Å². The number of carbonyl (C=O) groups is 1. The van der Waals surface area contributed by atoms with Gasteiger partial charge in [0.1, 0.15) is 18.5 Å². The highest BCUT2D eigenvalue weighted by Gasteiger charge is 2.27. The molecule has 0 saturated carbocycles. The van der Waals surface area contributed by atoms with Gasteiger partial charge in [-0.3, -0.25) is 9.59 Å². The molecule has 1 aliphatic rings. The fourth-order valence-electron chi connectivity index (χ4n) is 4.18. The number of amides is 1. The number of benzene rings is 2. The van der Waals surface area contributed by atoms with E-state index in [1.807, 2.05) is 66.4 Å². The number of nitrogens with zero attached hydrogens (tertiary/aromatic N) is 2. The number of hydrogen-bond acceptors (Lipinski definition) is 5. The number of ether oxygens (including phenoxy) is 3. The van der Waals surface area contributed by atoms with Crippen molar-refractivity contribution in [2.75, 3.05) is 20.2 Å². The van der Waals surface area contributed by atoms with Crippen molar-refractivity contribution in [3.63, 3.8) is 0 Å². The summed E-state index contributed by atoms with van der Waals surface area (Å²) in [5.41, 5.74) is 2.83. The number of likely N-dealkylation sites (tertiary alicyclic amines) is 1. The Labute approximate surface area is 205 Å². The zero-order valence-corrected chi connectivity index (χ0v) is 20.5. The van der Waals surface area contributed by atoms with Crippen molar-refractivity contribution in [2.45, 2.75) is 38.9 Å². The Morgan fingerprint density at radius 1 is 1.03 bits per heavy atom. The first kappa shape index (κ1) is 24.4. The summed E-state index contributed by atoms with van der Waals surface area (Å²) in [6.07, 6.45) is 1.66. The Bertz CT molecular complexity index is 1220. The van der Waals surface area contributed by atoms with Gasteiger partial charge in [-0.15, -0.1) is 0 Å². The Kier molecular flexibility index (Phi) is 7.75. The van der Waals surface area contributed by atoms with E-state index in [0.717, 1.165) is 23.2 Å². The van der Waals surface area contributed by atoms with Crippen LogP contribution in [0.25, 0.3) is 0 Å². The van der Waals surface area contributed by atoms with Gasteiger partial charge in [0.05, 0.1) is 13.7 Å². The molecule has 1 fully saturated rings. The van der Waals surface area contributed by atoms with E-state index in [0.29, 0.717) is 49.8 Å². The molecule has 4 rings (SSSR count). The number of aromatic nitrogens is 1. The molecule has 1 saturated heterocycles. The maximum absolute atomic E-state index is 12.8. The van der Waals surface area contributed by atoms with Gasteiger partial charge in [-0.1, -0.05) is 36.4 Å². The van der Waals surface area contributed by atoms with E-state index < -0.39 is 0 Å². The van der Waals surface area contributed by atoms with Crippen LogP contribution in [0.3, 0.4) is 0 Å². The summed E-state index contributed by atoms with van der Waals surface area (Å²) in [5, 5.41) is 0. The molecule has 0 radical (unpaired) electrons. The number of methoxy groups -OCH3 is 1. The second kappa shape index (κ2) is 11.1. The first-order valence-corrected chi connectivity index (χ1v) is 11.9. The van der Waals surface area contributed by atoms with E-state index >= 15 is 0 Å². The molecular formula is C28H32N2O5. The largest absolute Gasteiger partial charge is 0.493 e. The van der Waals surface area contributed by atoms with E-state index in [2.05, 4.69) is 0 Å². The first-order chi connectivity index (χ1) is 16.9. The van der Waals surface area contributed by atoms with Crippen LogP contribution >= 0.6 is 0 Å². The molecule has 7 heteroatoms. The molecule has 35 heavy (non-hydrogen) atoms. The lowest BCUT2D eigenvalue weighted by molar-refractivity contribution is -0.130. The Balaban J connectivity index is 1.31. The molecule has 1 aliphatic heterocycles. The summed E-state index contributed by atoms with van der Waals surface area (Å²) in [6.45, 7) is 3.50. The Hall–Kier alpha value is -3.74. The smallest absolute Gasteiger partial charge is 0.254 e. The summed E-state index contributed by atoms with van der Waals surface area (Å²) in [7, 11) is 3.35. The SMILES string of the molecule is COc1ccc(CCC(=O)N2CCC(Oc3cc(C)n(C)c(=O)c3)C2)cc1OCc1ccccc1. The first-order valence-electron chi connectivity index (χ1n) is 11.9. The monoisotopic (exact) mass is 476 g/mol. The van der Waals surface area contributed by atoms with Gasteiger partial charge in [-0.2, -0.15) is 0 Å². The average molecular weight is 477 g/mol. The molecule has 184 valence electrons. The minimum Gasteiger partial charge on any atom is -0.493 e. The lowest BCUT2D eigenvalue weighted by Crippen LogP contribution is -2.31. The quantitative estimate of drug-likeness (QED) is 0.469. The van der Waals surface area contributed by atoms with Crippen LogP contribution < -0.4 is 19.8 Å².